The van der Waals surface area contributed by atoms with Crippen LogP contribution in [0.4, 0.5) is 0 Å². The summed E-state index contributed by atoms with van der Waals surface area (Å²) in [5, 5.41) is 0.773. The highest BCUT2D eigenvalue weighted by molar-refractivity contribution is 6.32. The van der Waals surface area contributed by atoms with E-state index in [1.54, 1.807) is 6.08 Å². The average Bonchev–Trinajstić information content (AvgIpc) is 2.05. The molecule has 0 bridgehead atoms. The van der Waals surface area contributed by atoms with Crippen LogP contribution in [0.15, 0.2) is 24.8 Å². The number of hydrogen-bond donors (Lipinski definition) is 0. The zero-order valence-electron chi connectivity index (χ0n) is 7.47. The topological polar surface area (TPSA) is 0 Å². The molecule has 0 aliphatic rings. The molecule has 1 heteroatoms. The first-order valence-corrected chi connectivity index (χ1v) is 4.45. The highest BCUT2D eigenvalue weighted by Crippen LogP contribution is 2.22. The summed E-state index contributed by atoms with van der Waals surface area (Å²) in [7, 11) is 0. The third kappa shape index (κ3) is 1.89. The maximum atomic E-state index is 5.93. The van der Waals surface area contributed by atoms with Crippen LogP contribution in [0.1, 0.15) is 30.9 Å². The molecule has 0 saturated heterocycles. The lowest BCUT2D eigenvalue weighted by atomic mass is 10.0. The lowest BCUT2D eigenvalue weighted by molar-refractivity contribution is 0.866. The van der Waals surface area contributed by atoms with Crippen LogP contribution in [-0.2, 0) is 0 Å². The molecule has 0 saturated carbocycles. The van der Waals surface area contributed by atoms with Gasteiger partial charge >= 0.3 is 0 Å². The van der Waals surface area contributed by atoms with Gasteiger partial charge in [-0.05, 0) is 23.1 Å². The lowest BCUT2D eigenvalue weighted by Crippen LogP contribution is -1.87. The Labute approximate surface area is 78.9 Å². The predicted molar refractivity (Wildman–Crippen MR) is 55.6 cm³/mol. The summed E-state index contributed by atoms with van der Waals surface area (Å²) in [6.45, 7) is 8.03. The van der Waals surface area contributed by atoms with E-state index in [2.05, 4.69) is 32.6 Å². The smallest absolute Gasteiger partial charge is 0.0478 e. The zero-order chi connectivity index (χ0) is 9.14. The largest absolute Gasteiger partial charge is 0.0984 e. The molecule has 1 aromatic carbocycles. The molecule has 0 heterocycles. The molecular formula is C11H13Cl. The molecule has 0 radical (unpaired) electrons. The van der Waals surface area contributed by atoms with Gasteiger partial charge in [0.05, 0.1) is 0 Å². The van der Waals surface area contributed by atoms with Crippen molar-refractivity contribution in [2.24, 2.45) is 0 Å². The molecule has 0 aliphatic heterocycles. The fraction of sp³-hybridized carbons (Fsp3) is 0.273. The second kappa shape index (κ2) is 3.77. The van der Waals surface area contributed by atoms with Crippen LogP contribution in [0.2, 0.25) is 5.02 Å². The molecule has 0 spiro atoms. The first-order valence-electron chi connectivity index (χ1n) is 4.07. The van der Waals surface area contributed by atoms with E-state index in [-0.39, 0.29) is 0 Å². The molecule has 1 rings (SSSR count). The van der Waals surface area contributed by atoms with Crippen molar-refractivity contribution in [2.45, 2.75) is 19.8 Å². The monoisotopic (exact) mass is 180 g/mol. The van der Waals surface area contributed by atoms with Crippen LogP contribution in [0.25, 0.3) is 6.08 Å². The molecule has 0 fully saturated rings. The van der Waals surface area contributed by atoms with E-state index in [9.17, 15) is 0 Å². The zero-order valence-corrected chi connectivity index (χ0v) is 8.23. The maximum Gasteiger partial charge on any atom is 0.0478 e. The SMILES string of the molecule is C=Cc1cc(C(C)C)ccc1Cl. The van der Waals surface area contributed by atoms with Crippen LogP contribution in [-0.4, -0.2) is 0 Å². The van der Waals surface area contributed by atoms with Crippen molar-refractivity contribution in [1.82, 2.24) is 0 Å². The Hall–Kier alpha value is -0.750. The minimum absolute atomic E-state index is 0.543. The van der Waals surface area contributed by atoms with Crippen LogP contribution in [0.3, 0.4) is 0 Å². The van der Waals surface area contributed by atoms with Gasteiger partial charge < -0.3 is 0 Å². The fourth-order valence-corrected chi connectivity index (χ4v) is 1.27. The van der Waals surface area contributed by atoms with Gasteiger partial charge in [-0.3, -0.25) is 0 Å². The van der Waals surface area contributed by atoms with E-state index in [1.807, 2.05) is 6.07 Å². The van der Waals surface area contributed by atoms with Crippen molar-refractivity contribution in [3.63, 3.8) is 0 Å². The summed E-state index contributed by atoms with van der Waals surface area (Å²) in [4.78, 5) is 0. The van der Waals surface area contributed by atoms with Gasteiger partial charge in [0, 0.05) is 5.02 Å². The highest BCUT2D eigenvalue weighted by atomic mass is 35.5. The van der Waals surface area contributed by atoms with Crippen molar-refractivity contribution >= 4 is 17.7 Å². The molecule has 0 unspecified atom stereocenters. The number of hydrogen-bond acceptors (Lipinski definition) is 0. The van der Waals surface area contributed by atoms with Crippen molar-refractivity contribution < 1.29 is 0 Å². The predicted octanol–water partition coefficient (Wildman–Crippen LogP) is 4.11. The van der Waals surface area contributed by atoms with Crippen LogP contribution in [0.5, 0.6) is 0 Å². The Morgan fingerprint density at radius 2 is 2.08 bits per heavy atom. The van der Waals surface area contributed by atoms with Gasteiger partial charge in [-0.1, -0.05) is 50.2 Å². The molecule has 1 aromatic rings. The van der Waals surface area contributed by atoms with Gasteiger partial charge in [0.25, 0.3) is 0 Å². The first-order chi connectivity index (χ1) is 5.65. The Kier molecular flexibility index (Phi) is 2.93. The summed E-state index contributed by atoms with van der Waals surface area (Å²) in [5.74, 6) is 0.543. The molecular weight excluding hydrogens is 168 g/mol. The van der Waals surface area contributed by atoms with Gasteiger partial charge in [-0.25, -0.2) is 0 Å². The maximum absolute atomic E-state index is 5.93. The van der Waals surface area contributed by atoms with E-state index in [1.165, 1.54) is 5.56 Å². The fourth-order valence-electron chi connectivity index (χ4n) is 1.08. The molecule has 0 aromatic heterocycles. The molecule has 0 N–H and O–H groups in total. The third-order valence-corrected chi connectivity index (χ3v) is 2.25. The van der Waals surface area contributed by atoms with Gasteiger partial charge in [0.1, 0.15) is 0 Å². The van der Waals surface area contributed by atoms with E-state index in [0.717, 1.165) is 10.6 Å². The van der Waals surface area contributed by atoms with Gasteiger partial charge in [-0.15, -0.1) is 0 Å². The normalized spacial score (nSPS) is 10.3. The van der Waals surface area contributed by atoms with Crippen LogP contribution in [0, 0.1) is 0 Å². The van der Waals surface area contributed by atoms with E-state index >= 15 is 0 Å². The second-order valence-corrected chi connectivity index (χ2v) is 3.55. The minimum atomic E-state index is 0.543. The summed E-state index contributed by atoms with van der Waals surface area (Å²) in [6, 6.07) is 6.06. The standard InChI is InChI=1S/C11H13Cl/c1-4-9-7-10(8(2)3)5-6-11(9)12/h4-8H,1H2,2-3H3. The molecule has 64 valence electrons. The van der Waals surface area contributed by atoms with E-state index in [4.69, 9.17) is 11.6 Å². The first kappa shape index (κ1) is 9.34. The molecule has 0 aliphatic carbocycles. The van der Waals surface area contributed by atoms with E-state index in [0.29, 0.717) is 5.92 Å². The molecule has 0 nitrogen and oxygen atoms in total. The molecule has 12 heavy (non-hydrogen) atoms. The van der Waals surface area contributed by atoms with Crippen molar-refractivity contribution in [3.8, 4) is 0 Å². The Balaban J connectivity index is 3.13. The number of rotatable bonds is 2. The molecule has 0 amide bonds. The van der Waals surface area contributed by atoms with E-state index < -0.39 is 0 Å². The van der Waals surface area contributed by atoms with Crippen molar-refractivity contribution in [3.05, 3.63) is 40.9 Å². The summed E-state index contributed by atoms with van der Waals surface area (Å²) < 4.78 is 0. The van der Waals surface area contributed by atoms with Gasteiger partial charge in [-0.2, -0.15) is 0 Å². The van der Waals surface area contributed by atoms with Crippen LogP contribution < -0.4 is 0 Å². The number of halogens is 1. The summed E-state index contributed by atoms with van der Waals surface area (Å²) in [5.41, 5.74) is 2.32. The highest BCUT2D eigenvalue weighted by Gasteiger charge is 2.01. The number of benzene rings is 1. The quantitative estimate of drug-likeness (QED) is 0.643. The van der Waals surface area contributed by atoms with Gasteiger partial charge in [0.15, 0.2) is 0 Å². The third-order valence-electron chi connectivity index (χ3n) is 1.91. The average molecular weight is 181 g/mol. The lowest BCUT2D eigenvalue weighted by Gasteiger charge is -2.06. The minimum Gasteiger partial charge on any atom is -0.0984 e. The van der Waals surface area contributed by atoms with Crippen LogP contribution >= 0.6 is 11.6 Å². The van der Waals surface area contributed by atoms with Crippen molar-refractivity contribution in [2.75, 3.05) is 0 Å². The van der Waals surface area contributed by atoms with Crippen molar-refractivity contribution in [1.29, 1.82) is 0 Å². The van der Waals surface area contributed by atoms with Gasteiger partial charge in [0.2, 0.25) is 0 Å². The Morgan fingerprint density at radius 3 is 2.58 bits per heavy atom. The Morgan fingerprint density at radius 1 is 1.42 bits per heavy atom. The summed E-state index contributed by atoms with van der Waals surface area (Å²) in [6.07, 6.45) is 1.79. The molecule has 0 atom stereocenters. The summed E-state index contributed by atoms with van der Waals surface area (Å²) >= 11 is 5.93. The Bertz CT molecular complexity index is 287. The second-order valence-electron chi connectivity index (χ2n) is 3.14.